The summed E-state index contributed by atoms with van der Waals surface area (Å²) in [6.07, 6.45) is 4.41. The van der Waals surface area contributed by atoms with Gasteiger partial charge in [0, 0.05) is 17.3 Å². The monoisotopic (exact) mass is 197 g/mol. The van der Waals surface area contributed by atoms with E-state index in [1.165, 1.54) is 0 Å². The summed E-state index contributed by atoms with van der Waals surface area (Å²) in [5.74, 6) is 0. The van der Waals surface area contributed by atoms with Gasteiger partial charge >= 0.3 is 0 Å². The molecule has 1 rings (SSSR count). The van der Waals surface area contributed by atoms with Gasteiger partial charge in [-0.05, 0) is 30.2 Å². The van der Waals surface area contributed by atoms with Crippen LogP contribution in [0.5, 0.6) is 0 Å². The van der Waals surface area contributed by atoms with Crippen molar-refractivity contribution < 1.29 is 5.11 Å². The number of nitrogens with two attached hydrogens (primary N) is 1. The van der Waals surface area contributed by atoms with Gasteiger partial charge in [-0.3, -0.25) is 0 Å². The second-order valence-electron chi connectivity index (χ2n) is 2.73. The van der Waals surface area contributed by atoms with Crippen LogP contribution in [0.25, 0.3) is 6.08 Å². The fraction of sp³-hybridized carbons (Fsp3) is 0.200. The Hall–Kier alpha value is -0.990. The van der Waals surface area contributed by atoms with Gasteiger partial charge in [0.25, 0.3) is 0 Å². The number of hydrogen-bond donors (Lipinski definition) is 2. The summed E-state index contributed by atoms with van der Waals surface area (Å²) in [6.45, 7) is 0.159. The van der Waals surface area contributed by atoms with E-state index in [2.05, 4.69) is 0 Å². The average molecular weight is 198 g/mol. The first-order valence-electron chi connectivity index (χ1n) is 4.06. The normalized spacial score (nSPS) is 10.9. The molecule has 0 spiro atoms. The van der Waals surface area contributed by atoms with E-state index in [9.17, 15) is 0 Å². The van der Waals surface area contributed by atoms with E-state index in [0.717, 1.165) is 5.56 Å². The lowest BCUT2D eigenvalue weighted by Gasteiger charge is -1.97. The number of aliphatic hydroxyl groups is 1. The average Bonchev–Trinajstić information content (AvgIpc) is 2.03. The Kier molecular flexibility index (Phi) is 3.80. The topological polar surface area (TPSA) is 46.2 Å². The first-order valence-corrected chi connectivity index (χ1v) is 4.43. The second-order valence-corrected chi connectivity index (χ2v) is 3.17. The molecule has 0 aliphatic carbocycles. The van der Waals surface area contributed by atoms with Crippen molar-refractivity contribution in [3.8, 4) is 0 Å². The molecule has 3 N–H and O–H groups in total. The van der Waals surface area contributed by atoms with Crippen LogP contribution in [0.2, 0.25) is 5.02 Å². The highest BCUT2D eigenvalue weighted by molar-refractivity contribution is 6.31. The largest absolute Gasteiger partial charge is 0.399 e. The minimum Gasteiger partial charge on any atom is -0.399 e. The van der Waals surface area contributed by atoms with Crippen LogP contribution in [0.3, 0.4) is 0 Å². The van der Waals surface area contributed by atoms with Crippen molar-refractivity contribution in [2.24, 2.45) is 0 Å². The Morgan fingerprint density at radius 1 is 1.38 bits per heavy atom. The standard InChI is InChI=1S/C10H12ClNO/c11-9-5-8(3-1-2-4-13)6-10(12)7-9/h1,3,5-7,13H,2,4,12H2. The molecule has 2 nitrogen and oxygen atoms in total. The van der Waals surface area contributed by atoms with E-state index in [1.807, 2.05) is 24.3 Å². The van der Waals surface area contributed by atoms with Gasteiger partial charge in [0.1, 0.15) is 0 Å². The summed E-state index contributed by atoms with van der Waals surface area (Å²) in [4.78, 5) is 0. The van der Waals surface area contributed by atoms with Crippen LogP contribution < -0.4 is 5.73 Å². The van der Waals surface area contributed by atoms with Crippen molar-refractivity contribution in [3.05, 3.63) is 34.9 Å². The van der Waals surface area contributed by atoms with Crippen molar-refractivity contribution in [1.29, 1.82) is 0 Å². The molecule has 0 atom stereocenters. The molecule has 0 radical (unpaired) electrons. The molecule has 0 fully saturated rings. The molecule has 1 aromatic rings. The number of rotatable bonds is 3. The van der Waals surface area contributed by atoms with E-state index in [1.54, 1.807) is 6.07 Å². The first-order chi connectivity index (χ1) is 6.22. The fourth-order valence-corrected chi connectivity index (χ4v) is 1.28. The first kappa shape index (κ1) is 10.1. The summed E-state index contributed by atoms with van der Waals surface area (Å²) < 4.78 is 0. The molecule has 0 aromatic heterocycles. The molecule has 70 valence electrons. The summed E-state index contributed by atoms with van der Waals surface area (Å²) in [5.41, 5.74) is 7.20. The van der Waals surface area contributed by atoms with Gasteiger partial charge in [-0.15, -0.1) is 0 Å². The van der Waals surface area contributed by atoms with Crippen LogP contribution in [-0.4, -0.2) is 11.7 Å². The van der Waals surface area contributed by atoms with Crippen LogP contribution in [0.1, 0.15) is 12.0 Å². The van der Waals surface area contributed by atoms with Gasteiger partial charge in [0.15, 0.2) is 0 Å². The van der Waals surface area contributed by atoms with E-state index in [0.29, 0.717) is 17.1 Å². The van der Waals surface area contributed by atoms with E-state index in [-0.39, 0.29) is 6.61 Å². The Morgan fingerprint density at radius 3 is 2.77 bits per heavy atom. The van der Waals surface area contributed by atoms with Crippen molar-refractivity contribution in [2.45, 2.75) is 6.42 Å². The zero-order valence-corrected chi connectivity index (χ0v) is 7.96. The van der Waals surface area contributed by atoms with Crippen molar-refractivity contribution in [3.63, 3.8) is 0 Å². The number of hydrogen-bond acceptors (Lipinski definition) is 2. The SMILES string of the molecule is Nc1cc(Cl)cc(C=CCCO)c1. The number of anilines is 1. The molecule has 0 bridgehead atoms. The molecule has 0 saturated carbocycles. The van der Waals surface area contributed by atoms with E-state index in [4.69, 9.17) is 22.4 Å². The Morgan fingerprint density at radius 2 is 2.15 bits per heavy atom. The molecule has 0 amide bonds. The van der Waals surface area contributed by atoms with Gasteiger partial charge < -0.3 is 10.8 Å². The molecule has 0 saturated heterocycles. The minimum atomic E-state index is 0.159. The molecule has 0 aliphatic rings. The lowest BCUT2D eigenvalue weighted by Crippen LogP contribution is -1.85. The van der Waals surface area contributed by atoms with Gasteiger partial charge in [0.2, 0.25) is 0 Å². The summed E-state index contributed by atoms with van der Waals surface area (Å²) in [5, 5.41) is 9.18. The predicted molar refractivity (Wildman–Crippen MR) is 56.6 cm³/mol. The van der Waals surface area contributed by atoms with Crippen LogP contribution in [0, 0.1) is 0 Å². The van der Waals surface area contributed by atoms with Crippen molar-refractivity contribution in [1.82, 2.24) is 0 Å². The molecular formula is C10H12ClNO. The van der Waals surface area contributed by atoms with Gasteiger partial charge in [0.05, 0.1) is 0 Å². The molecule has 0 aliphatic heterocycles. The molecule has 13 heavy (non-hydrogen) atoms. The maximum Gasteiger partial charge on any atom is 0.0465 e. The third-order valence-electron chi connectivity index (χ3n) is 1.55. The highest BCUT2D eigenvalue weighted by Gasteiger charge is 1.92. The number of halogens is 1. The number of benzene rings is 1. The molecule has 1 aromatic carbocycles. The zero-order chi connectivity index (χ0) is 9.68. The Bertz CT molecular complexity index is 290. The highest BCUT2D eigenvalue weighted by Crippen LogP contribution is 2.17. The second kappa shape index (κ2) is 4.90. The zero-order valence-electron chi connectivity index (χ0n) is 7.20. The smallest absolute Gasteiger partial charge is 0.0465 e. The minimum absolute atomic E-state index is 0.159. The molecule has 0 heterocycles. The summed E-state index contributed by atoms with van der Waals surface area (Å²) in [6, 6.07) is 5.36. The van der Waals surface area contributed by atoms with Gasteiger partial charge in [-0.2, -0.15) is 0 Å². The van der Waals surface area contributed by atoms with Crippen LogP contribution in [0.15, 0.2) is 24.3 Å². The van der Waals surface area contributed by atoms with Crippen LogP contribution >= 0.6 is 11.6 Å². The summed E-state index contributed by atoms with van der Waals surface area (Å²) >= 11 is 5.80. The number of aliphatic hydroxyl groups excluding tert-OH is 1. The molecular weight excluding hydrogens is 186 g/mol. The summed E-state index contributed by atoms with van der Waals surface area (Å²) in [7, 11) is 0. The lowest BCUT2D eigenvalue weighted by atomic mass is 10.2. The van der Waals surface area contributed by atoms with Crippen molar-refractivity contribution >= 4 is 23.4 Å². The maximum absolute atomic E-state index is 8.55. The van der Waals surface area contributed by atoms with Crippen molar-refractivity contribution in [2.75, 3.05) is 12.3 Å². The quantitative estimate of drug-likeness (QED) is 0.731. The Labute approximate surface area is 82.6 Å². The molecule has 0 unspecified atom stereocenters. The lowest BCUT2D eigenvalue weighted by molar-refractivity contribution is 0.303. The predicted octanol–water partition coefficient (Wildman–Crippen LogP) is 2.32. The van der Waals surface area contributed by atoms with Crippen LogP contribution in [-0.2, 0) is 0 Å². The van der Waals surface area contributed by atoms with Gasteiger partial charge in [-0.1, -0.05) is 23.8 Å². The van der Waals surface area contributed by atoms with Gasteiger partial charge in [-0.25, -0.2) is 0 Å². The molecule has 3 heteroatoms. The van der Waals surface area contributed by atoms with E-state index >= 15 is 0 Å². The number of nitrogen functional groups attached to an aromatic ring is 1. The third kappa shape index (κ3) is 3.49. The third-order valence-corrected chi connectivity index (χ3v) is 1.77. The Balaban J connectivity index is 2.77. The maximum atomic E-state index is 8.55. The highest BCUT2D eigenvalue weighted by atomic mass is 35.5. The van der Waals surface area contributed by atoms with Crippen LogP contribution in [0.4, 0.5) is 5.69 Å². The van der Waals surface area contributed by atoms with E-state index < -0.39 is 0 Å². The fourth-order valence-electron chi connectivity index (χ4n) is 1.03.